The van der Waals surface area contributed by atoms with Gasteiger partial charge in [0.1, 0.15) is 10.9 Å². The Morgan fingerprint density at radius 3 is 2.67 bits per heavy atom. The molecule has 0 aliphatic rings. The molecule has 0 saturated heterocycles. The Hall–Kier alpha value is -1.63. The molecular weight excluding hydrogens is 312 g/mol. The highest BCUT2D eigenvalue weighted by molar-refractivity contribution is 7.89. The van der Waals surface area contributed by atoms with Crippen LogP contribution in [0.25, 0.3) is 0 Å². The van der Waals surface area contributed by atoms with Crippen molar-refractivity contribution in [1.82, 2.24) is 9.71 Å². The van der Waals surface area contributed by atoms with Crippen LogP contribution >= 0.6 is 11.6 Å². The molecule has 0 radical (unpaired) electrons. The summed E-state index contributed by atoms with van der Waals surface area (Å²) in [6.45, 7) is 1.75. The zero-order valence-electron chi connectivity index (χ0n) is 11.6. The number of sulfonamides is 1. The monoisotopic (exact) mass is 326 g/mol. The van der Waals surface area contributed by atoms with Gasteiger partial charge in [-0.25, -0.2) is 18.1 Å². The second-order valence-electron chi connectivity index (χ2n) is 4.40. The Labute approximate surface area is 129 Å². The normalized spacial score (nSPS) is 12.9. The lowest BCUT2D eigenvalue weighted by atomic mass is 10.1. The molecule has 0 saturated carbocycles. The number of rotatable bonds is 5. The minimum absolute atomic E-state index is 0.0734. The first-order chi connectivity index (χ1) is 9.94. The van der Waals surface area contributed by atoms with Crippen LogP contribution in [0.15, 0.2) is 47.5 Å². The number of hydrogen-bond acceptors (Lipinski definition) is 4. The topological polar surface area (TPSA) is 68.3 Å². The zero-order chi connectivity index (χ0) is 15.5. The van der Waals surface area contributed by atoms with Crippen LogP contribution in [0.2, 0.25) is 5.15 Å². The highest BCUT2D eigenvalue weighted by Crippen LogP contribution is 2.26. The van der Waals surface area contributed by atoms with Gasteiger partial charge in [0, 0.05) is 17.8 Å². The maximum Gasteiger partial charge on any atom is 0.241 e. The molecule has 0 aliphatic carbocycles. The molecule has 1 atom stereocenters. The molecule has 2 aromatic rings. The Bertz CT molecular complexity index is 735. The Kier molecular flexibility index (Phi) is 4.82. The molecule has 0 aliphatic heterocycles. The van der Waals surface area contributed by atoms with E-state index in [9.17, 15) is 8.42 Å². The molecule has 1 aromatic heterocycles. The smallest absolute Gasteiger partial charge is 0.241 e. The van der Waals surface area contributed by atoms with E-state index in [-0.39, 0.29) is 10.0 Å². The molecule has 1 aromatic carbocycles. The van der Waals surface area contributed by atoms with Gasteiger partial charge in [-0.05, 0) is 25.1 Å². The van der Waals surface area contributed by atoms with E-state index in [0.29, 0.717) is 5.75 Å². The fourth-order valence-corrected chi connectivity index (χ4v) is 3.41. The summed E-state index contributed by atoms with van der Waals surface area (Å²) in [7, 11) is -2.14. The first kappa shape index (κ1) is 15.8. The number of nitrogens with one attached hydrogen (secondary N) is 1. The average molecular weight is 327 g/mol. The second-order valence-corrected chi connectivity index (χ2v) is 6.50. The molecule has 0 fully saturated rings. The van der Waals surface area contributed by atoms with Crippen molar-refractivity contribution in [3.63, 3.8) is 0 Å². The van der Waals surface area contributed by atoms with Crippen molar-refractivity contribution >= 4 is 21.6 Å². The van der Waals surface area contributed by atoms with Gasteiger partial charge in [-0.1, -0.05) is 29.8 Å². The number of pyridine rings is 1. The van der Waals surface area contributed by atoms with Crippen molar-refractivity contribution in [3.05, 3.63) is 53.3 Å². The van der Waals surface area contributed by atoms with Crippen LogP contribution in [-0.2, 0) is 10.0 Å². The van der Waals surface area contributed by atoms with Crippen molar-refractivity contribution in [2.75, 3.05) is 7.11 Å². The molecule has 0 amide bonds. The fourth-order valence-electron chi connectivity index (χ4n) is 1.94. The highest BCUT2D eigenvalue weighted by Gasteiger charge is 2.20. The third-order valence-electron chi connectivity index (χ3n) is 2.95. The predicted octanol–water partition coefficient (Wildman–Crippen LogP) is 2.78. The van der Waals surface area contributed by atoms with Gasteiger partial charge in [0.25, 0.3) is 0 Å². The van der Waals surface area contributed by atoms with Gasteiger partial charge < -0.3 is 4.74 Å². The standard InChI is InChI=1S/C14H15ClN2O3S/c1-10(12-5-3-4-6-13(12)20-2)17-21(18,19)11-7-8-16-14(15)9-11/h3-10,17H,1-2H3. The number of nitrogens with zero attached hydrogens (tertiary/aromatic N) is 1. The minimum atomic E-state index is -3.69. The number of ether oxygens (including phenoxy) is 1. The van der Waals surface area contributed by atoms with Gasteiger partial charge in [0.05, 0.1) is 12.0 Å². The molecule has 0 bridgehead atoms. The van der Waals surface area contributed by atoms with Crippen LogP contribution in [0, 0.1) is 0 Å². The number of aromatic nitrogens is 1. The van der Waals surface area contributed by atoms with Gasteiger partial charge in [-0.3, -0.25) is 0 Å². The van der Waals surface area contributed by atoms with Crippen LogP contribution in [0.5, 0.6) is 5.75 Å². The van der Waals surface area contributed by atoms with E-state index in [1.165, 1.54) is 18.3 Å². The molecule has 0 spiro atoms. The number of hydrogen-bond donors (Lipinski definition) is 1. The first-order valence-electron chi connectivity index (χ1n) is 6.21. The summed E-state index contributed by atoms with van der Waals surface area (Å²) < 4.78 is 32.5. The van der Waals surface area contributed by atoms with Crippen LogP contribution in [0.3, 0.4) is 0 Å². The highest BCUT2D eigenvalue weighted by atomic mass is 35.5. The van der Waals surface area contributed by atoms with Crippen LogP contribution < -0.4 is 9.46 Å². The maximum atomic E-state index is 12.3. The number of para-hydroxylation sites is 1. The van der Waals surface area contributed by atoms with Crippen LogP contribution in [0.1, 0.15) is 18.5 Å². The number of methoxy groups -OCH3 is 1. The van der Waals surface area contributed by atoms with E-state index >= 15 is 0 Å². The molecule has 1 N–H and O–H groups in total. The summed E-state index contributed by atoms with van der Waals surface area (Å²) in [5.74, 6) is 0.625. The van der Waals surface area contributed by atoms with E-state index in [4.69, 9.17) is 16.3 Å². The van der Waals surface area contributed by atoms with Crippen LogP contribution in [0.4, 0.5) is 0 Å². The molecular formula is C14H15ClN2O3S. The summed E-state index contributed by atoms with van der Waals surface area (Å²) in [6, 6.07) is 9.49. The second kappa shape index (κ2) is 6.43. The van der Waals surface area contributed by atoms with E-state index in [2.05, 4.69) is 9.71 Å². The van der Waals surface area contributed by atoms with E-state index < -0.39 is 16.1 Å². The summed E-state index contributed by atoms with van der Waals surface area (Å²) >= 11 is 5.73. The SMILES string of the molecule is COc1ccccc1C(C)NS(=O)(=O)c1ccnc(Cl)c1. The number of benzene rings is 1. The fraction of sp³-hybridized carbons (Fsp3) is 0.214. The predicted molar refractivity (Wildman–Crippen MR) is 81.0 cm³/mol. The van der Waals surface area contributed by atoms with Gasteiger partial charge in [0.2, 0.25) is 10.0 Å². The van der Waals surface area contributed by atoms with Gasteiger partial charge in [0.15, 0.2) is 0 Å². The van der Waals surface area contributed by atoms with Gasteiger partial charge in [-0.2, -0.15) is 0 Å². The maximum absolute atomic E-state index is 12.3. The molecule has 21 heavy (non-hydrogen) atoms. The summed E-state index contributed by atoms with van der Waals surface area (Å²) in [4.78, 5) is 3.84. The molecule has 7 heteroatoms. The van der Waals surface area contributed by atoms with Gasteiger partial charge in [-0.15, -0.1) is 0 Å². The third kappa shape index (κ3) is 3.72. The van der Waals surface area contributed by atoms with Gasteiger partial charge >= 0.3 is 0 Å². The molecule has 5 nitrogen and oxygen atoms in total. The lowest BCUT2D eigenvalue weighted by Gasteiger charge is -2.17. The van der Waals surface area contributed by atoms with E-state index in [1.807, 2.05) is 18.2 Å². The molecule has 2 rings (SSSR count). The van der Waals surface area contributed by atoms with E-state index in [0.717, 1.165) is 5.56 Å². The Morgan fingerprint density at radius 1 is 1.29 bits per heavy atom. The number of halogens is 1. The third-order valence-corrected chi connectivity index (χ3v) is 4.69. The Morgan fingerprint density at radius 2 is 2.00 bits per heavy atom. The van der Waals surface area contributed by atoms with Crippen molar-refractivity contribution in [2.24, 2.45) is 0 Å². The zero-order valence-corrected chi connectivity index (χ0v) is 13.1. The lowest BCUT2D eigenvalue weighted by Crippen LogP contribution is -2.27. The molecule has 1 unspecified atom stereocenters. The molecule has 1 heterocycles. The van der Waals surface area contributed by atoms with Crippen LogP contribution in [-0.4, -0.2) is 20.5 Å². The minimum Gasteiger partial charge on any atom is -0.496 e. The van der Waals surface area contributed by atoms with Crippen molar-refractivity contribution in [3.8, 4) is 5.75 Å². The summed E-state index contributed by atoms with van der Waals surface area (Å²) in [5, 5.41) is 0.128. The summed E-state index contributed by atoms with van der Waals surface area (Å²) in [6.07, 6.45) is 1.35. The summed E-state index contributed by atoms with van der Waals surface area (Å²) in [5.41, 5.74) is 0.753. The molecule has 112 valence electrons. The average Bonchev–Trinajstić information content (AvgIpc) is 2.46. The first-order valence-corrected chi connectivity index (χ1v) is 8.07. The van der Waals surface area contributed by atoms with Crippen molar-refractivity contribution in [1.29, 1.82) is 0 Å². The largest absolute Gasteiger partial charge is 0.496 e. The van der Waals surface area contributed by atoms with E-state index in [1.54, 1.807) is 20.1 Å². The quantitative estimate of drug-likeness (QED) is 0.858. The Balaban J connectivity index is 2.28. The van der Waals surface area contributed by atoms with Crippen molar-refractivity contribution in [2.45, 2.75) is 17.9 Å². The van der Waals surface area contributed by atoms with Crippen molar-refractivity contribution < 1.29 is 13.2 Å². The lowest BCUT2D eigenvalue weighted by molar-refractivity contribution is 0.405.